The zero-order valence-electron chi connectivity index (χ0n) is 10.1. The van der Waals surface area contributed by atoms with Crippen molar-refractivity contribution in [3.63, 3.8) is 0 Å². The van der Waals surface area contributed by atoms with Crippen LogP contribution < -0.4 is 5.32 Å². The molecule has 1 saturated carbocycles. The maximum Gasteiger partial charge on any atom is 0.230 e. The summed E-state index contributed by atoms with van der Waals surface area (Å²) >= 11 is 0. The number of imide groups is 1. The van der Waals surface area contributed by atoms with Gasteiger partial charge >= 0.3 is 0 Å². The van der Waals surface area contributed by atoms with Crippen molar-refractivity contribution in [2.45, 2.75) is 58.3 Å². The van der Waals surface area contributed by atoms with Crippen LogP contribution in [0.1, 0.15) is 58.3 Å². The molecule has 1 spiro atoms. The molecule has 0 radical (unpaired) electrons. The first-order valence-corrected chi connectivity index (χ1v) is 6.52. The third-order valence-electron chi connectivity index (χ3n) is 4.34. The summed E-state index contributed by atoms with van der Waals surface area (Å²) < 4.78 is 0. The molecular formula is C13H21NO2. The van der Waals surface area contributed by atoms with Crippen molar-refractivity contribution in [2.24, 2.45) is 11.3 Å². The Bertz CT molecular complexity index is 290. The fourth-order valence-corrected chi connectivity index (χ4v) is 3.57. The second kappa shape index (κ2) is 4.56. The number of amides is 2. The van der Waals surface area contributed by atoms with Crippen LogP contribution in [0.15, 0.2) is 0 Å². The highest BCUT2D eigenvalue weighted by molar-refractivity contribution is 5.99. The van der Waals surface area contributed by atoms with Crippen LogP contribution in [0.5, 0.6) is 0 Å². The van der Waals surface area contributed by atoms with Gasteiger partial charge in [-0.05, 0) is 24.7 Å². The molecule has 1 aliphatic heterocycles. The average Bonchev–Trinajstić information content (AvgIpc) is 2.43. The van der Waals surface area contributed by atoms with Gasteiger partial charge in [-0.1, -0.05) is 32.6 Å². The van der Waals surface area contributed by atoms with Gasteiger partial charge in [-0.3, -0.25) is 14.9 Å². The number of rotatable bonds is 1. The van der Waals surface area contributed by atoms with Gasteiger partial charge in [-0.25, -0.2) is 0 Å². The molecule has 2 amide bonds. The summed E-state index contributed by atoms with van der Waals surface area (Å²) in [7, 11) is 0. The Balaban J connectivity index is 2.25. The Morgan fingerprint density at radius 1 is 1.19 bits per heavy atom. The van der Waals surface area contributed by atoms with E-state index in [9.17, 15) is 9.59 Å². The molecule has 0 aromatic rings. The lowest BCUT2D eigenvalue weighted by Crippen LogP contribution is -2.51. The Kier molecular flexibility index (Phi) is 3.31. The van der Waals surface area contributed by atoms with E-state index < -0.39 is 0 Å². The van der Waals surface area contributed by atoms with Crippen molar-refractivity contribution in [3.8, 4) is 0 Å². The van der Waals surface area contributed by atoms with Gasteiger partial charge < -0.3 is 0 Å². The van der Waals surface area contributed by atoms with Gasteiger partial charge in [0.25, 0.3) is 0 Å². The predicted molar refractivity (Wildman–Crippen MR) is 61.7 cm³/mol. The highest BCUT2D eigenvalue weighted by atomic mass is 16.2. The Labute approximate surface area is 97.0 Å². The lowest BCUT2D eigenvalue weighted by Gasteiger charge is -2.42. The lowest BCUT2D eigenvalue weighted by atomic mass is 9.64. The first-order chi connectivity index (χ1) is 7.68. The van der Waals surface area contributed by atoms with E-state index in [-0.39, 0.29) is 23.1 Å². The summed E-state index contributed by atoms with van der Waals surface area (Å²) in [4.78, 5) is 23.5. The van der Waals surface area contributed by atoms with Crippen molar-refractivity contribution in [1.29, 1.82) is 0 Å². The normalized spacial score (nSPS) is 29.9. The van der Waals surface area contributed by atoms with E-state index in [1.165, 1.54) is 25.7 Å². The summed E-state index contributed by atoms with van der Waals surface area (Å²) in [6.07, 6.45) is 8.42. The molecule has 2 rings (SSSR count). The second-order valence-corrected chi connectivity index (χ2v) is 5.33. The minimum Gasteiger partial charge on any atom is -0.296 e. The highest BCUT2D eigenvalue weighted by Crippen LogP contribution is 2.47. The summed E-state index contributed by atoms with van der Waals surface area (Å²) in [6, 6.07) is 0. The number of carbonyl (C=O) groups is 2. The SMILES string of the molecule is CCC1C(=O)NC(=O)CC12CCCCCC2. The molecule has 1 heterocycles. The summed E-state index contributed by atoms with van der Waals surface area (Å²) in [5.74, 6) is -0.0273. The molecule has 0 aromatic carbocycles. The standard InChI is InChI=1S/C13H21NO2/c1-2-10-12(16)14-11(15)9-13(10)7-5-3-4-6-8-13/h10H,2-9H2,1H3,(H,14,15,16). The zero-order valence-corrected chi connectivity index (χ0v) is 10.1. The van der Waals surface area contributed by atoms with Crippen molar-refractivity contribution >= 4 is 11.8 Å². The van der Waals surface area contributed by atoms with Crippen molar-refractivity contribution in [2.75, 3.05) is 0 Å². The molecule has 0 bridgehead atoms. The molecule has 0 aromatic heterocycles. The first-order valence-electron chi connectivity index (χ1n) is 6.52. The molecule has 90 valence electrons. The number of nitrogens with one attached hydrogen (secondary N) is 1. The Hall–Kier alpha value is -0.860. The van der Waals surface area contributed by atoms with Crippen molar-refractivity contribution < 1.29 is 9.59 Å². The minimum atomic E-state index is -0.0587. The van der Waals surface area contributed by atoms with Gasteiger partial charge in [-0.15, -0.1) is 0 Å². The van der Waals surface area contributed by atoms with E-state index in [4.69, 9.17) is 0 Å². The Morgan fingerprint density at radius 2 is 1.81 bits per heavy atom. The zero-order chi connectivity index (χ0) is 11.6. The second-order valence-electron chi connectivity index (χ2n) is 5.33. The third kappa shape index (κ3) is 2.00. The van der Waals surface area contributed by atoms with Crippen molar-refractivity contribution in [1.82, 2.24) is 5.32 Å². The van der Waals surface area contributed by atoms with Gasteiger partial charge in [0.15, 0.2) is 0 Å². The molecule has 1 unspecified atom stereocenters. The maximum absolute atomic E-state index is 11.9. The molecule has 16 heavy (non-hydrogen) atoms. The monoisotopic (exact) mass is 223 g/mol. The predicted octanol–water partition coefficient (Wildman–Crippen LogP) is 2.40. The van der Waals surface area contributed by atoms with Crippen LogP contribution in [-0.4, -0.2) is 11.8 Å². The van der Waals surface area contributed by atoms with Crippen LogP contribution >= 0.6 is 0 Å². The van der Waals surface area contributed by atoms with Gasteiger partial charge in [0, 0.05) is 12.3 Å². The van der Waals surface area contributed by atoms with Crippen LogP contribution in [0.25, 0.3) is 0 Å². The van der Waals surface area contributed by atoms with Crippen LogP contribution in [0.4, 0.5) is 0 Å². The largest absolute Gasteiger partial charge is 0.296 e. The van der Waals surface area contributed by atoms with E-state index in [1.54, 1.807) is 0 Å². The smallest absolute Gasteiger partial charge is 0.230 e. The van der Waals surface area contributed by atoms with E-state index >= 15 is 0 Å². The maximum atomic E-state index is 11.9. The quantitative estimate of drug-likeness (QED) is 0.694. The molecule has 2 fully saturated rings. The van der Waals surface area contributed by atoms with Gasteiger partial charge in [-0.2, -0.15) is 0 Å². The molecule has 1 aliphatic carbocycles. The number of hydrogen-bond acceptors (Lipinski definition) is 2. The fraction of sp³-hybridized carbons (Fsp3) is 0.846. The highest BCUT2D eigenvalue weighted by Gasteiger charge is 2.46. The van der Waals surface area contributed by atoms with Gasteiger partial charge in [0.1, 0.15) is 0 Å². The molecule has 1 saturated heterocycles. The van der Waals surface area contributed by atoms with E-state index in [0.29, 0.717) is 6.42 Å². The van der Waals surface area contributed by atoms with E-state index in [1.807, 2.05) is 0 Å². The van der Waals surface area contributed by atoms with Crippen molar-refractivity contribution in [3.05, 3.63) is 0 Å². The van der Waals surface area contributed by atoms with Crippen LogP contribution in [-0.2, 0) is 9.59 Å². The first kappa shape index (κ1) is 11.6. The molecule has 3 heteroatoms. The minimum absolute atomic E-state index is 0.00926. The molecule has 3 nitrogen and oxygen atoms in total. The number of piperidine rings is 1. The molecular weight excluding hydrogens is 202 g/mol. The number of hydrogen-bond donors (Lipinski definition) is 1. The summed E-state index contributed by atoms with van der Waals surface area (Å²) in [5.41, 5.74) is -0.00926. The Morgan fingerprint density at radius 3 is 2.38 bits per heavy atom. The van der Waals surface area contributed by atoms with Gasteiger partial charge in [0.05, 0.1) is 0 Å². The molecule has 1 atom stereocenters. The van der Waals surface area contributed by atoms with Crippen LogP contribution in [0.3, 0.4) is 0 Å². The summed E-state index contributed by atoms with van der Waals surface area (Å²) in [6.45, 7) is 2.06. The molecule has 1 N–H and O–H groups in total. The molecule has 2 aliphatic rings. The fourth-order valence-electron chi connectivity index (χ4n) is 3.57. The average molecular weight is 223 g/mol. The summed E-state index contributed by atoms with van der Waals surface area (Å²) in [5, 5.41) is 2.49. The lowest BCUT2D eigenvalue weighted by molar-refractivity contribution is -0.144. The van der Waals surface area contributed by atoms with Crippen LogP contribution in [0.2, 0.25) is 0 Å². The topological polar surface area (TPSA) is 46.2 Å². The van der Waals surface area contributed by atoms with E-state index in [2.05, 4.69) is 12.2 Å². The van der Waals surface area contributed by atoms with Gasteiger partial charge in [0.2, 0.25) is 11.8 Å². The van der Waals surface area contributed by atoms with E-state index in [0.717, 1.165) is 19.3 Å². The van der Waals surface area contributed by atoms with Crippen LogP contribution in [0, 0.1) is 11.3 Å². The number of carbonyl (C=O) groups excluding carboxylic acids is 2. The third-order valence-corrected chi connectivity index (χ3v) is 4.34.